The predicted molar refractivity (Wildman–Crippen MR) is 84.0 cm³/mol. The Morgan fingerprint density at radius 3 is 2.52 bits per heavy atom. The van der Waals surface area contributed by atoms with Gasteiger partial charge in [0.1, 0.15) is 0 Å². The van der Waals surface area contributed by atoms with Crippen molar-refractivity contribution in [1.29, 1.82) is 0 Å². The van der Waals surface area contributed by atoms with E-state index in [9.17, 15) is 9.59 Å². The number of anilines is 1. The van der Waals surface area contributed by atoms with Gasteiger partial charge in [0.05, 0.1) is 22.8 Å². The van der Waals surface area contributed by atoms with Crippen LogP contribution >= 0.6 is 11.6 Å². The number of aromatic carboxylic acids is 1. The Balaban J connectivity index is 2.66. The van der Waals surface area contributed by atoms with Gasteiger partial charge in [-0.15, -0.1) is 0 Å². The number of halogens is 1. The smallest absolute Gasteiger partial charge is 0.335 e. The van der Waals surface area contributed by atoms with E-state index in [0.717, 1.165) is 6.42 Å². The molecule has 0 aliphatic carbocycles. The number of nitrogens with one attached hydrogen (secondary N) is 2. The Kier molecular flexibility index (Phi) is 6.65. The summed E-state index contributed by atoms with van der Waals surface area (Å²) >= 11 is 5.96. The summed E-state index contributed by atoms with van der Waals surface area (Å²) in [6.45, 7) is 6.39. The van der Waals surface area contributed by atoms with Gasteiger partial charge in [-0.05, 0) is 30.5 Å². The van der Waals surface area contributed by atoms with Crippen molar-refractivity contribution in [3.63, 3.8) is 0 Å². The molecule has 21 heavy (non-hydrogen) atoms. The van der Waals surface area contributed by atoms with Gasteiger partial charge < -0.3 is 15.7 Å². The van der Waals surface area contributed by atoms with Gasteiger partial charge >= 0.3 is 5.97 Å². The molecule has 1 amide bonds. The zero-order chi connectivity index (χ0) is 16.0. The molecule has 0 aliphatic heterocycles. The zero-order valence-corrected chi connectivity index (χ0v) is 13.2. The van der Waals surface area contributed by atoms with Crippen LogP contribution < -0.4 is 10.6 Å². The molecule has 1 atom stereocenters. The standard InChI is InChI=1S/C15H21ClN2O3/c1-4-12(9(2)3)17-8-14(19)18-13-7-10(15(20)21)5-6-11(13)16/h5-7,9,12,17H,4,8H2,1-3H3,(H,18,19)(H,20,21). The van der Waals surface area contributed by atoms with Gasteiger partial charge in [0, 0.05) is 6.04 Å². The second-order valence-corrected chi connectivity index (χ2v) is 5.59. The van der Waals surface area contributed by atoms with Crippen molar-refractivity contribution in [2.45, 2.75) is 33.2 Å². The van der Waals surface area contributed by atoms with Crippen LogP contribution in [0, 0.1) is 5.92 Å². The van der Waals surface area contributed by atoms with Crippen LogP contribution in [0.4, 0.5) is 5.69 Å². The van der Waals surface area contributed by atoms with Gasteiger partial charge in [-0.2, -0.15) is 0 Å². The van der Waals surface area contributed by atoms with E-state index in [0.29, 0.717) is 16.6 Å². The summed E-state index contributed by atoms with van der Waals surface area (Å²) in [5, 5.41) is 15.0. The maximum Gasteiger partial charge on any atom is 0.335 e. The molecule has 0 radical (unpaired) electrons. The third-order valence-corrected chi connectivity index (χ3v) is 3.59. The third kappa shape index (κ3) is 5.36. The normalized spacial score (nSPS) is 12.2. The monoisotopic (exact) mass is 312 g/mol. The molecule has 0 saturated carbocycles. The first-order valence-corrected chi connectivity index (χ1v) is 7.29. The van der Waals surface area contributed by atoms with Gasteiger partial charge in [-0.3, -0.25) is 4.79 Å². The minimum Gasteiger partial charge on any atom is -0.478 e. The summed E-state index contributed by atoms with van der Waals surface area (Å²) in [5.74, 6) is -0.883. The summed E-state index contributed by atoms with van der Waals surface area (Å²) in [5.41, 5.74) is 0.386. The van der Waals surface area contributed by atoms with Crippen molar-refractivity contribution >= 4 is 29.2 Å². The number of rotatable bonds is 7. The van der Waals surface area contributed by atoms with Crippen LogP contribution in [-0.4, -0.2) is 29.6 Å². The first-order valence-electron chi connectivity index (χ1n) is 6.91. The molecule has 5 nitrogen and oxygen atoms in total. The van der Waals surface area contributed by atoms with E-state index in [1.54, 1.807) is 0 Å². The number of carboxylic acids is 1. The van der Waals surface area contributed by atoms with Crippen molar-refractivity contribution in [3.05, 3.63) is 28.8 Å². The summed E-state index contributed by atoms with van der Waals surface area (Å²) < 4.78 is 0. The van der Waals surface area contributed by atoms with E-state index in [1.807, 2.05) is 0 Å². The van der Waals surface area contributed by atoms with E-state index < -0.39 is 5.97 Å². The minimum atomic E-state index is -1.06. The predicted octanol–water partition coefficient (Wildman–Crippen LogP) is 3.00. The maximum absolute atomic E-state index is 11.9. The van der Waals surface area contributed by atoms with Crippen molar-refractivity contribution in [2.75, 3.05) is 11.9 Å². The highest BCUT2D eigenvalue weighted by Gasteiger charge is 2.13. The number of hydrogen-bond donors (Lipinski definition) is 3. The summed E-state index contributed by atoms with van der Waals surface area (Å²) in [7, 11) is 0. The van der Waals surface area contributed by atoms with Crippen LogP contribution in [0.3, 0.4) is 0 Å². The minimum absolute atomic E-state index is 0.0799. The van der Waals surface area contributed by atoms with Gasteiger partial charge in [0.2, 0.25) is 5.91 Å². The number of carbonyl (C=O) groups is 2. The van der Waals surface area contributed by atoms with Crippen LogP contribution in [0.1, 0.15) is 37.6 Å². The van der Waals surface area contributed by atoms with Crippen LogP contribution in [0.15, 0.2) is 18.2 Å². The quantitative estimate of drug-likeness (QED) is 0.723. The number of amides is 1. The van der Waals surface area contributed by atoms with Crippen LogP contribution in [0.2, 0.25) is 5.02 Å². The number of carbonyl (C=O) groups excluding carboxylic acids is 1. The largest absolute Gasteiger partial charge is 0.478 e. The van der Waals surface area contributed by atoms with Gasteiger partial charge in [-0.25, -0.2) is 4.79 Å². The van der Waals surface area contributed by atoms with Gasteiger partial charge in [-0.1, -0.05) is 32.4 Å². The van der Waals surface area contributed by atoms with Crippen molar-refractivity contribution in [1.82, 2.24) is 5.32 Å². The third-order valence-electron chi connectivity index (χ3n) is 3.26. The average molecular weight is 313 g/mol. The lowest BCUT2D eigenvalue weighted by Crippen LogP contribution is -2.38. The molecule has 1 aromatic carbocycles. The van der Waals surface area contributed by atoms with E-state index in [1.165, 1.54) is 18.2 Å². The fourth-order valence-corrected chi connectivity index (χ4v) is 2.19. The summed E-state index contributed by atoms with van der Waals surface area (Å²) in [4.78, 5) is 22.8. The highest BCUT2D eigenvalue weighted by atomic mass is 35.5. The molecule has 0 spiro atoms. The number of hydrogen-bond acceptors (Lipinski definition) is 3. The van der Waals surface area contributed by atoms with Gasteiger partial charge in [0.15, 0.2) is 0 Å². The summed E-state index contributed by atoms with van der Waals surface area (Å²) in [6, 6.07) is 4.46. The highest BCUT2D eigenvalue weighted by Crippen LogP contribution is 2.23. The van der Waals surface area contributed by atoms with E-state index in [4.69, 9.17) is 16.7 Å². The Morgan fingerprint density at radius 1 is 1.33 bits per heavy atom. The molecule has 0 saturated heterocycles. The Labute approximate surface area is 129 Å². The van der Waals surface area contributed by atoms with Crippen LogP contribution in [0.5, 0.6) is 0 Å². The van der Waals surface area contributed by atoms with E-state index >= 15 is 0 Å². The zero-order valence-electron chi connectivity index (χ0n) is 12.4. The van der Waals surface area contributed by atoms with Crippen molar-refractivity contribution in [3.8, 4) is 0 Å². The molecule has 6 heteroatoms. The number of benzene rings is 1. The van der Waals surface area contributed by atoms with E-state index in [2.05, 4.69) is 31.4 Å². The molecule has 1 unspecified atom stereocenters. The molecular weight excluding hydrogens is 292 g/mol. The molecule has 0 bridgehead atoms. The fourth-order valence-electron chi connectivity index (χ4n) is 2.02. The second kappa shape index (κ2) is 8.00. The summed E-state index contributed by atoms with van der Waals surface area (Å²) in [6.07, 6.45) is 0.931. The van der Waals surface area contributed by atoms with Crippen LogP contribution in [-0.2, 0) is 4.79 Å². The van der Waals surface area contributed by atoms with Crippen molar-refractivity contribution < 1.29 is 14.7 Å². The molecule has 0 aromatic heterocycles. The molecule has 116 valence electrons. The van der Waals surface area contributed by atoms with E-state index in [-0.39, 0.29) is 24.1 Å². The van der Waals surface area contributed by atoms with Crippen molar-refractivity contribution in [2.24, 2.45) is 5.92 Å². The average Bonchev–Trinajstić information content (AvgIpc) is 2.41. The van der Waals surface area contributed by atoms with Crippen LogP contribution in [0.25, 0.3) is 0 Å². The lowest BCUT2D eigenvalue weighted by atomic mass is 10.0. The first kappa shape index (κ1) is 17.5. The fraction of sp³-hybridized carbons (Fsp3) is 0.467. The Bertz CT molecular complexity index is 518. The number of carboxylic acid groups (broad SMARTS) is 1. The highest BCUT2D eigenvalue weighted by molar-refractivity contribution is 6.33. The molecule has 0 heterocycles. The molecular formula is C15H21ClN2O3. The lowest BCUT2D eigenvalue weighted by molar-refractivity contribution is -0.115. The molecule has 1 rings (SSSR count). The second-order valence-electron chi connectivity index (χ2n) is 5.19. The lowest BCUT2D eigenvalue weighted by Gasteiger charge is -2.20. The Hall–Kier alpha value is -1.59. The molecule has 0 fully saturated rings. The topological polar surface area (TPSA) is 78.4 Å². The molecule has 0 aliphatic rings. The first-order chi connectivity index (χ1) is 9.85. The molecule has 1 aromatic rings. The molecule has 3 N–H and O–H groups in total. The van der Waals surface area contributed by atoms with Gasteiger partial charge in [0.25, 0.3) is 0 Å². The SMILES string of the molecule is CCC(NCC(=O)Nc1cc(C(=O)O)ccc1Cl)C(C)C. The Morgan fingerprint density at radius 2 is 2.00 bits per heavy atom. The maximum atomic E-state index is 11.9.